The average molecular weight is 587 g/mol. The van der Waals surface area contributed by atoms with E-state index in [1.807, 2.05) is 0 Å². The summed E-state index contributed by atoms with van der Waals surface area (Å²) in [5.74, 6) is -1.10. The van der Waals surface area contributed by atoms with Crippen LogP contribution >= 0.6 is 0 Å². The van der Waals surface area contributed by atoms with Gasteiger partial charge in [-0.05, 0) is 6.42 Å². The summed E-state index contributed by atoms with van der Waals surface area (Å²) < 4.78 is 17.4. The van der Waals surface area contributed by atoms with E-state index in [9.17, 15) is 46.0 Å². The lowest BCUT2D eigenvalue weighted by atomic mass is 9.72. The molecule has 0 aromatic heterocycles. The monoisotopic (exact) mass is 586 g/mol. The van der Waals surface area contributed by atoms with Crippen LogP contribution in [0.5, 0.6) is 0 Å². The van der Waals surface area contributed by atoms with Crippen molar-refractivity contribution in [2.24, 2.45) is 17.4 Å². The molecule has 1 unspecified atom stereocenters. The standard InChI is InChI=1S/C23H46N4O13/c24-9-3-10(27-8(5-29)6-30)21(40-23-18(35)14(25)15(32)12(7-31)39-23)17(34)13(9)22-20(37)19(36)16(33)11(38-22)4-26-1-2-28/h8-23,26-37H,1-7,24-25H2/t9-,10+,11+,12+,13?,14-,15+,16+,17-,18+,19-,20+,21-,22+,23+/m0/s1. The first-order chi connectivity index (χ1) is 19.0. The Morgan fingerprint density at radius 2 is 1.48 bits per heavy atom. The molecule has 0 bridgehead atoms. The fourth-order valence-corrected chi connectivity index (χ4v) is 5.71. The Morgan fingerprint density at radius 1 is 0.800 bits per heavy atom. The van der Waals surface area contributed by atoms with E-state index in [1.165, 1.54) is 0 Å². The fraction of sp³-hybridized carbons (Fsp3) is 1.00. The third-order valence-corrected chi connectivity index (χ3v) is 8.03. The largest absolute Gasteiger partial charge is 0.395 e. The second-order valence-electron chi connectivity index (χ2n) is 10.7. The van der Waals surface area contributed by atoms with E-state index in [0.717, 1.165) is 0 Å². The highest BCUT2D eigenvalue weighted by atomic mass is 16.7. The van der Waals surface area contributed by atoms with Gasteiger partial charge in [0.1, 0.15) is 42.7 Å². The van der Waals surface area contributed by atoms with Gasteiger partial charge in [0.25, 0.3) is 0 Å². The van der Waals surface area contributed by atoms with Gasteiger partial charge in [-0.25, -0.2) is 0 Å². The molecule has 0 amide bonds. The lowest BCUT2D eigenvalue weighted by Crippen LogP contribution is -2.71. The molecule has 1 aliphatic carbocycles. The van der Waals surface area contributed by atoms with Crippen molar-refractivity contribution in [1.82, 2.24) is 10.6 Å². The zero-order valence-electron chi connectivity index (χ0n) is 22.0. The highest BCUT2D eigenvalue weighted by Gasteiger charge is 2.55. The van der Waals surface area contributed by atoms with Crippen LogP contribution in [0.2, 0.25) is 0 Å². The van der Waals surface area contributed by atoms with Gasteiger partial charge in [-0.2, -0.15) is 0 Å². The molecule has 15 atom stereocenters. The Hall–Kier alpha value is -0.680. The topological polar surface area (TPSA) is 306 Å². The molecular weight excluding hydrogens is 540 g/mol. The van der Waals surface area contributed by atoms with Crippen molar-refractivity contribution in [3.05, 3.63) is 0 Å². The molecule has 3 fully saturated rings. The zero-order chi connectivity index (χ0) is 29.7. The third-order valence-electron chi connectivity index (χ3n) is 8.03. The molecular formula is C23H46N4O13. The Balaban J connectivity index is 1.89. The Labute approximate surface area is 231 Å². The lowest BCUT2D eigenvalue weighted by molar-refractivity contribution is -0.310. The molecule has 16 N–H and O–H groups in total. The summed E-state index contributed by atoms with van der Waals surface area (Å²) in [4.78, 5) is 0. The number of nitrogens with two attached hydrogens (primary N) is 2. The maximum Gasteiger partial charge on any atom is 0.186 e. The highest BCUT2D eigenvalue weighted by Crippen LogP contribution is 2.37. The van der Waals surface area contributed by atoms with Gasteiger partial charge < -0.3 is 87.4 Å². The molecule has 0 radical (unpaired) electrons. The molecule has 3 aliphatic rings. The van der Waals surface area contributed by atoms with Gasteiger partial charge in [-0.3, -0.25) is 0 Å². The number of hydrogen-bond acceptors (Lipinski definition) is 17. The predicted molar refractivity (Wildman–Crippen MR) is 134 cm³/mol. The molecule has 40 heavy (non-hydrogen) atoms. The average Bonchev–Trinajstić information content (AvgIpc) is 2.94. The first-order valence-electron chi connectivity index (χ1n) is 13.5. The van der Waals surface area contributed by atoms with Crippen molar-refractivity contribution in [1.29, 1.82) is 0 Å². The minimum absolute atomic E-state index is 0.00369. The second-order valence-corrected chi connectivity index (χ2v) is 10.7. The SMILES string of the molecule is N[C@@H]1[C@@H](O)[C@@H](O[C@H]2[C@H](NC(CO)CO)C[C@H](N)C([C@H]3O[C@H](CNCCO)[C@@H](O)[C@H](O)[C@H]3O)[C@@H]2O)O[C@H](CO)[C@H]1O. The summed E-state index contributed by atoms with van der Waals surface area (Å²) in [6.45, 7) is -1.60. The van der Waals surface area contributed by atoms with E-state index in [4.69, 9.17) is 30.8 Å². The quantitative estimate of drug-likeness (QED) is 0.0944. The summed E-state index contributed by atoms with van der Waals surface area (Å²) in [5, 5.41) is 108. The number of rotatable bonds is 12. The summed E-state index contributed by atoms with van der Waals surface area (Å²) in [5.41, 5.74) is 12.3. The van der Waals surface area contributed by atoms with Crippen LogP contribution in [0.1, 0.15) is 6.42 Å². The smallest absolute Gasteiger partial charge is 0.186 e. The summed E-state index contributed by atoms with van der Waals surface area (Å²) in [7, 11) is 0. The molecule has 3 rings (SSSR count). The van der Waals surface area contributed by atoms with Gasteiger partial charge in [0.15, 0.2) is 6.29 Å². The molecule has 236 valence electrons. The minimum Gasteiger partial charge on any atom is -0.395 e. The molecule has 2 heterocycles. The molecule has 0 aromatic rings. The van der Waals surface area contributed by atoms with Crippen molar-refractivity contribution in [2.75, 3.05) is 39.5 Å². The zero-order valence-corrected chi connectivity index (χ0v) is 22.0. The Morgan fingerprint density at radius 3 is 2.08 bits per heavy atom. The van der Waals surface area contributed by atoms with Gasteiger partial charge in [0.05, 0.1) is 56.8 Å². The summed E-state index contributed by atoms with van der Waals surface area (Å²) >= 11 is 0. The van der Waals surface area contributed by atoms with Crippen molar-refractivity contribution < 1.29 is 65.3 Å². The van der Waals surface area contributed by atoms with Gasteiger partial charge in [-0.15, -0.1) is 0 Å². The predicted octanol–water partition coefficient (Wildman–Crippen LogP) is -8.41. The highest BCUT2D eigenvalue weighted by molar-refractivity contribution is 5.07. The van der Waals surface area contributed by atoms with Crippen LogP contribution in [0.4, 0.5) is 0 Å². The van der Waals surface area contributed by atoms with Gasteiger partial charge >= 0.3 is 0 Å². The normalized spacial score (nSPS) is 46.6. The maximum atomic E-state index is 11.6. The van der Waals surface area contributed by atoms with E-state index in [0.29, 0.717) is 0 Å². The molecule has 17 nitrogen and oxygen atoms in total. The first-order valence-corrected chi connectivity index (χ1v) is 13.5. The molecule has 0 spiro atoms. The van der Waals surface area contributed by atoms with Crippen molar-refractivity contribution in [2.45, 2.75) is 97.9 Å². The summed E-state index contributed by atoms with van der Waals surface area (Å²) in [6, 6.07) is -3.86. The van der Waals surface area contributed by atoms with E-state index in [2.05, 4.69) is 10.6 Å². The Bertz CT molecular complexity index is 756. The van der Waals surface area contributed by atoms with Crippen molar-refractivity contribution in [3.8, 4) is 0 Å². The third kappa shape index (κ3) is 7.26. The van der Waals surface area contributed by atoms with E-state index in [1.54, 1.807) is 0 Å². The van der Waals surface area contributed by atoms with Crippen LogP contribution in [0, 0.1) is 5.92 Å². The van der Waals surface area contributed by atoms with Gasteiger partial charge in [0, 0.05) is 31.1 Å². The number of nitrogens with one attached hydrogen (secondary N) is 2. The maximum absolute atomic E-state index is 11.6. The number of hydrogen-bond donors (Lipinski definition) is 14. The van der Waals surface area contributed by atoms with Crippen molar-refractivity contribution >= 4 is 0 Å². The number of aliphatic hydroxyl groups is 10. The molecule has 0 aromatic carbocycles. The van der Waals surface area contributed by atoms with E-state index in [-0.39, 0.29) is 26.1 Å². The van der Waals surface area contributed by atoms with Crippen LogP contribution in [0.3, 0.4) is 0 Å². The van der Waals surface area contributed by atoms with Crippen LogP contribution in [-0.4, -0.2) is 182 Å². The lowest BCUT2D eigenvalue weighted by Gasteiger charge is -2.52. The molecule has 2 aliphatic heterocycles. The first kappa shape index (κ1) is 33.8. The second kappa shape index (κ2) is 15.2. The number of ether oxygens (including phenoxy) is 3. The molecule has 2 saturated heterocycles. The van der Waals surface area contributed by atoms with Gasteiger partial charge in [-0.1, -0.05) is 0 Å². The van der Waals surface area contributed by atoms with Crippen LogP contribution < -0.4 is 22.1 Å². The van der Waals surface area contributed by atoms with E-state index >= 15 is 0 Å². The number of aliphatic hydroxyl groups excluding tert-OH is 10. The molecule has 1 saturated carbocycles. The van der Waals surface area contributed by atoms with Crippen LogP contribution in [0.15, 0.2) is 0 Å². The van der Waals surface area contributed by atoms with Crippen LogP contribution in [0.25, 0.3) is 0 Å². The summed E-state index contributed by atoms with van der Waals surface area (Å²) in [6.07, 6.45) is -15.7. The minimum atomic E-state index is -1.67. The fourth-order valence-electron chi connectivity index (χ4n) is 5.71. The van der Waals surface area contributed by atoms with E-state index < -0.39 is 117 Å². The van der Waals surface area contributed by atoms with Crippen LogP contribution in [-0.2, 0) is 14.2 Å². The Kier molecular flexibility index (Phi) is 12.8. The van der Waals surface area contributed by atoms with Crippen molar-refractivity contribution in [3.63, 3.8) is 0 Å². The van der Waals surface area contributed by atoms with Gasteiger partial charge in [0.2, 0.25) is 0 Å². The molecule has 17 heteroatoms.